The number of nitrogens with zero attached hydrogens (tertiary/aromatic N) is 3. The topological polar surface area (TPSA) is 56.7 Å². The predicted molar refractivity (Wildman–Crippen MR) is 91.1 cm³/mol. The molecule has 3 aromatic rings. The van der Waals surface area contributed by atoms with Gasteiger partial charge in [0.25, 0.3) is 0 Å². The molecule has 0 fully saturated rings. The number of aryl methyl sites for hydroxylation is 2. The highest BCUT2D eigenvalue weighted by molar-refractivity contribution is 7.98. The summed E-state index contributed by atoms with van der Waals surface area (Å²) in [6, 6.07) is 16.5. The molecule has 0 aliphatic rings. The first kappa shape index (κ1) is 14.7. The normalized spacial score (nSPS) is 10.8. The van der Waals surface area contributed by atoms with Crippen molar-refractivity contribution in [1.82, 2.24) is 14.9 Å². The summed E-state index contributed by atoms with van der Waals surface area (Å²) in [6.07, 6.45) is 0. The van der Waals surface area contributed by atoms with Crippen molar-refractivity contribution in [1.29, 1.82) is 0 Å². The fraction of sp³-hybridized carbons (Fsp3) is 0.176. The Bertz CT molecular complexity index is 778. The molecule has 4 nitrogen and oxygen atoms in total. The summed E-state index contributed by atoms with van der Waals surface area (Å²) in [7, 11) is 0. The molecule has 0 spiro atoms. The van der Waals surface area contributed by atoms with E-state index < -0.39 is 0 Å². The van der Waals surface area contributed by atoms with Crippen molar-refractivity contribution in [2.75, 3.05) is 5.84 Å². The standard InChI is InChI=1S/C17H18N4S/c1-12-7-9-14(10-8-12)11-22-17-20-19-16(21(17)18)15-6-4-3-5-13(15)2/h3-10H,11,18H2,1-2H3. The van der Waals surface area contributed by atoms with Gasteiger partial charge in [0.2, 0.25) is 5.16 Å². The van der Waals surface area contributed by atoms with E-state index in [9.17, 15) is 0 Å². The molecule has 0 atom stereocenters. The Morgan fingerprint density at radius 2 is 1.73 bits per heavy atom. The second-order valence-corrected chi connectivity index (χ2v) is 6.21. The molecule has 2 aromatic carbocycles. The predicted octanol–water partition coefficient (Wildman–Crippen LogP) is 3.57. The Hall–Kier alpha value is -2.27. The molecular weight excluding hydrogens is 292 g/mol. The van der Waals surface area contributed by atoms with Crippen LogP contribution in [-0.4, -0.2) is 14.9 Å². The molecule has 1 aromatic heterocycles. The van der Waals surface area contributed by atoms with Gasteiger partial charge in [0.1, 0.15) is 0 Å². The van der Waals surface area contributed by atoms with Gasteiger partial charge in [-0.25, -0.2) is 4.68 Å². The van der Waals surface area contributed by atoms with E-state index in [1.54, 1.807) is 16.4 Å². The number of thioether (sulfide) groups is 1. The van der Waals surface area contributed by atoms with Gasteiger partial charge in [-0.15, -0.1) is 10.2 Å². The number of hydrogen-bond donors (Lipinski definition) is 1. The number of rotatable bonds is 4. The van der Waals surface area contributed by atoms with Gasteiger partial charge in [0, 0.05) is 11.3 Å². The average molecular weight is 310 g/mol. The van der Waals surface area contributed by atoms with E-state index in [2.05, 4.69) is 41.4 Å². The smallest absolute Gasteiger partial charge is 0.210 e. The molecule has 1 heterocycles. The summed E-state index contributed by atoms with van der Waals surface area (Å²) < 4.78 is 1.57. The number of aromatic nitrogens is 3. The zero-order valence-corrected chi connectivity index (χ0v) is 13.5. The molecule has 0 amide bonds. The van der Waals surface area contributed by atoms with Crippen molar-refractivity contribution in [2.24, 2.45) is 0 Å². The SMILES string of the molecule is Cc1ccc(CSc2nnc(-c3ccccc3C)n2N)cc1. The summed E-state index contributed by atoms with van der Waals surface area (Å²) >= 11 is 1.59. The van der Waals surface area contributed by atoms with Crippen LogP contribution in [0.15, 0.2) is 53.7 Å². The molecule has 0 radical (unpaired) electrons. The third kappa shape index (κ3) is 2.99. The minimum atomic E-state index is 0.699. The average Bonchev–Trinajstić information content (AvgIpc) is 2.88. The van der Waals surface area contributed by atoms with Gasteiger partial charge in [0.05, 0.1) is 0 Å². The first-order valence-corrected chi connectivity index (χ1v) is 8.08. The Kier molecular flexibility index (Phi) is 4.15. The van der Waals surface area contributed by atoms with Gasteiger partial charge in [-0.3, -0.25) is 0 Å². The van der Waals surface area contributed by atoms with E-state index in [4.69, 9.17) is 5.84 Å². The van der Waals surface area contributed by atoms with E-state index in [1.807, 2.05) is 31.2 Å². The van der Waals surface area contributed by atoms with Gasteiger partial charge < -0.3 is 5.84 Å². The van der Waals surface area contributed by atoms with E-state index in [0.29, 0.717) is 5.82 Å². The van der Waals surface area contributed by atoms with E-state index in [1.165, 1.54) is 11.1 Å². The number of benzene rings is 2. The first-order chi connectivity index (χ1) is 10.6. The Balaban J connectivity index is 1.79. The van der Waals surface area contributed by atoms with Crippen LogP contribution in [0.25, 0.3) is 11.4 Å². The fourth-order valence-electron chi connectivity index (χ4n) is 2.22. The summed E-state index contributed by atoms with van der Waals surface area (Å²) in [4.78, 5) is 0. The van der Waals surface area contributed by atoms with Crippen molar-refractivity contribution in [3.05, 3.63) is 65.2 Å². The molecule has 0 aliphatic heterocycles. The van der Waals surface area contributed by atoms with Crippen molar-refractivity contribution in [3.8, 4) is 11.4 Å². The van der Waals surface area contributed by atoms with Crippen LogP contribution in [0.3, 0.4) is 0 Å². The lowest BCUT2D eigenvalue weighted by Gasteiger charge is -2.06. The van der Waals surface area contributed by atoms with Crippen LogP contribution in [0.5, 0.6) is 0 Å². The summed E-state index contributed by atoms with van der Waals surface area (Å²) in [6.45, 7) is 4.13. The van der Waals surface area contributed by atoms with Crippen molar-refractivity contribution in [2.45, 2.75) is 24.8 Å². The zero-order valence-electron chi connectivity index (χ0n) is 12.7. The van der Waals surface area contributed by atoms with Crippen molar-refractivity contribution in [3.63, 3.8) is 0 Å². The van der Waals surface area contributed by atoms with Crippen LogP contribution in [0.4, 0.5) is 0 Å². The second kappa shape index (κ2) is 6.23. The lowest BCUT2D eigenvalue weighted by Crippen LogP contribution is -2.12. The minimum absolute atomic E-state index is 0.699. The molecule has 0 aliphatic carbocycles. The highest BCUT2D eigenvalue weighted by atomic mass is 32.2. The first-order valence-electron chi connectivity index (χ1n) is 7.10. The fourth-order valence-corrected chi connectivity index (χ4v) is 3.03. The molecule has 3 rings (SSSR count). The minimum Gasteiger partial charge on any atom is -0.335 e. The third-order valence-corrected chi connectivity index (χ3v) is 4.55. The highest BCUT2D eigenvalue weighted by Crippen LogP contribution is 2.26. The lowest BCUT2D eigenvalue weighted by atomic mass is 10.1. The van der Waals surface area contributed by atoms with E-state index in [0.717, 1.165) is 22.0 Å². The van der Waals surface area contributed by atoms with Crippen molar-refractivity contribution < 1.29 is 0 Å². The van der Waals surface area contributed by atoms with Crippen LogP contribution in [0.2, 0.25) is 0 Å². The van der Waals surface area contributed by atoms with Crippen LogP contribution >= 0.6 is 11.8 Å². The molecular formula is C17H18N4S. The maximum absolute atomic E-state index is 6.16. The van der Waals surface area contributed by atoms with Gasteiger partial charge in [-0.1, -0.05) is 65.9 Å². The Labute approximate surface area is 134 Å². The molecule has 0 bridgehead atoms. The molecule has 2 N–H and O–H groups in total. The lowest BCUT2D eigenvalue weighted by molar-refractivity contribution is 0.849. The van der Waals surface area contributed by atoms with Crippen LogP contribution < -0.4 is 5.84 Å². The highest BCUT2D eigenvalue weighted by Gasteiger charge is 2.13. The summed E-state index contributed by atoms with van der Waals surface area (Å²) in [5.41, 5.74) is 4.66. The Morgan fingerprint density at radius 1 is 1.00 bits per heavy atom. The summed E-state index contributed by atoms with van der Waals surface area (Å²) in [5, 5.41) is 9.18. The maximum Gasteiger partial charge on any atom is 0.210 e. The maximum atomic E-state index is 6.16. The van der Waals surface area contributed by atoms with Crippen LogP contribution in [0, 0.1) is 13.8 Å². The molecule has 22 heavy (non-hydrogen) atoms. The second-order valence-electron chi connectivity index (χ2n) is 5.27. The van der Waals surface area contributed by atoms with Crippen LogP contribution in [-0.2, 0) is 5.75 Å². The van der Waals surface area contributed by atoms with Gasteiger partial charge in [-0.2, -0.15) is 0 Å². The molecule has 0 saturated heterocycles. The number of nitrogens with two attached hydrogens (primary N) is 1. The molecule has 0 saturated carbocycles. The largest absolute Gasteiger partial charge is 0.335 e. The van der Waals surface area contributed by atoms with Gasteiger partial charge in [-0.05, 0) is 25.0 Å². The molecule has 5 heteroatoms. The van der Waals surface area contributed by atoms with Crippen molar-refractivity contribution >= 4 is 11.8 Å². The third-order valence-electron chi connectivity index (χ3n) is 3.54. The van der Waals surface area contributed by atoms with Crippen LogP contribution in [0.1, 0.15) is 16.7 Å². The molecule has 0 unspecified atom stereocenters. The number of hydrogen-bond acceptors (Lipinski definition) is 4. The van der Waals surface area contributed by atoms with E-state index in [-0.39, 0.29) is 0 Å². The summed E-state index contributed by atoms with van der Waals surface area (Å²) in [5.74, 6) is 7.68. The zero-order chi connectivity index (χ0) is 15.5. The molecule has 112 valence electrons. The number of nitrogen functional groups attached to an aromatic ring is 1. The quantitative estimate of drug-likeness (QED) is 0.591. The monoisotopic (exact) mass is 310 g/mol. The Morgan fingerprint density at radius 3 is 2.45 bits per heavy atom. The van der Waals surface area contributed by atoms with Gasteiger partial charge >= 0.3 is 0 Å². The van der Waals surface area contributed by atoms with E-state index >= 15 is 0 Å². The van der Waals surface area contributed by atoms with Gasteiger partial charge in [0.15, 0.2) is 5.82 Å².